The monoisotopic (exact) mass is 287 g/mol. The average Bonchev–Trinajstić information content (AvgIpc) is 2.56. The molecule has 2 fully saturated rings. The summed E-state index contributed by atoms with van der Waals surface area (Å²) in [5.41, 5.74) is -0.789. The van der Waals surface area contributed by atoms with Crippen LogP contribution in [0.15, 0.2) is 0 Å². The number of rotatable bonds is 3. The van der Waals surface area contributed by atoms with E-state index in [0.29, 0.717) is 29.6 Å². The van der Waals surface area contributed by atoms with Crippen LogP contribution in [0, 0.1) is 5.92 Å². The summed E-state index contributed by atoms with van der Waals surface area (Å²) in [4.78, 5) is 37.5. The van der Waals surface area contributed by atoms with E-state index in [1.54, 1.807) is 0 Å². The van der Waals surface area contributed by atoms with Crippen molar-refractivity contribution in [1.29, 1.82) is 0 Å². The molecule has 0 spiro atoms. The van der Waals surface area contributed by atoms with Crippen LogP contribution < -0.4 is 0 Å². The zero-order valence-electron chi connectivity index (χ0n) is 8.56. The van der Waals surface area contributed by atoms with Crippen molar-refractivity contribution in [1.82, 2.24) is 4.44 Å². The van der Waals surface area contributed by atoms with Gasteiger partial charge in [-0.15, -0.1) is 4.44 Å². The number of hydrogen-bond donors (Lipinski definition) is 4. The molecule has 0 heterocycles. The Morgan fingerprint density at radius 1 is 1.19 bits per heavy atom. The molecule has 0 amide bonds. The summed E-state index contributed by atoms with van der Waals surface area (Å²) in [5.74, 6) is 0.440. The maximum Gasteiger partial charge on any atom is 0.411 e. The third-order valence-corrected chi connectivity index (χ3v) is 7.76. The van der Waals surface area contributed by atoms with E-state index < -0.39 is 19.9 Å². The Balaban J connectivity index is 2.41. The van der Waals surface area contributed by atoms with Crippen molar-refractivity contribution in [3.63, 3.8) is 0 Å². The van der Waals surface area contributed by atoms with E-state index in [2.05, 4.69) is 11.8 Å². The summed E-state index contributed by atoms with van der Waals surface area (Å²) in [6, 6.07) is 0. The highest BCUT2D eigenvalue weighted by atomic mass is 32.5. The highest BCUT2D eigenvalue weighted by molar-refractivity contribution is 8.09. The minimum absolute atomic E-state index is 0.440. The van der Waals surface area contributed by atoms with Gasteiger partial charge >= 0.3 is 7.75 Å². The zero-order valence-corrected chi connectivity index (χ0v) is 11.2. The van der Waals surface area contributed by atoms with Gasteiger partial charge in [0.25, 0.3) is 6.64 Å². The second-order valence-electron chi connectivity index (χ2n) is 4.69. The van der Waals surface area contributed by atoms with Crippen molar-refractivity contribution in [2.75, 3.05) is 0 Å². The number of nitrogens with zero attached hydrogens (tertiary/aromatic N) is 1. The van der Waals surface area contributed by atoms with Crippen LogP contribution in [0.1, 0.15) is 32.1 Å². The van der Waals surface area contributed by atoms with Gasteiger partial charge in [0.15, 0.2) is 0 Å². The first-order chi connectivity index (χ1) is 7.15. The molecule has 94 valence electrons. The topological polar surface area (TPSA) is 101 Å². The molecule has 0 radical (unpaired) electrons. The molecule has 6 nitrogen and oxygen atoms in total. The summed E-state index contributed by atoms with van der Waals surface area (Å²) in [7, 11) is -4.72. The molecular weight excluding hydrogens is 272 g/mol. The van der Waals surface area contributed by atoms with Crippen LogP contribution in [0.3, 0.4) is 0 Å². The minimum atomic E-state index is -4.72. The van der Waals surface area contributed by atoms with Gasteiger partial charge in [-0.3, -0.25) is 0 Å². The van der Waals surface area contributed by atoms with Crippen LogP contribution >= 0.6 is 14.4 Å². The molecule has 0 atom stereocenters. The predicted octanol–water partition coefficient (Wildman–Crippen LogP) is 0.923. The highest BCUT2D eigenvalue weighted by Crippen LogP contribution is 2.68. The van der Waals surface area contributed by atoms with E-state index in [4.69, 9.17) is 0 Å². The molecule has 2 rings (SSSR count). The molecular formula is C7H15NO5P2S. The quantitative estimate of drug-likeness (QED) is 0.573. The van der Waals surface area contributed by atoms with Crippen LogP contribution in [0.4, 0.5) is 0 Å². The molecule has 0 aromatic heterocycles. The van der Waals surface area contributed by atoms with Crippen molar-refractivity contribution in [2.24, 2.45) is 5.92 Å². The van der Waals surface area contributed by atoms with Crippen LogP contribution in [-0.4, -0.2) is 29.6 Å². The Morgan fingerprint density at radius 3 is 1.94 bits per heavy atom. The van der Waals surface area contributed by atoms with E-state index in [9.17, 15) is 24.1 Å². The lowest BCUT2D eigenvalue weighted by Crippen LogP contribution is -2.40. The van der Waals surface area contributed by atoms with E-state index in [1.807, 2.05) is 0 Å². The molecule has 0 aromatic carbocycles. The lowest BCUT2D eigenvalue weighted by atomic mass is 9.95. The smallest absolute Gasteiger partial charge is 0.333 e. The Bertz CT molecular complexity index is 360. The molecule has 0 saturated heterocycles. The zero-order chi connectivity index (χ0) is 12.2. The molecule has 9 heteroatoms. The lowest BCUT2D eigenvalue weighted by Gasteiger charge is -2.41. The van der Waals surface area contributed by atoms with Crippen LogP contribution in [0.25, 0.3) is 0 Å². The Morgan fingerprint density at radius 2 is 1.69 bits per heavy atom. The third-order valence-electron chi connectivity index (χ3n) is 3.62. The van der Waals surface area contributed by atoms with Crippen LogP contribution in [0.2, 0.25) is 0 Å². The van der Waals surface area contributed by atoms with Crippen LogP contribution in [0.5, 0.6) is 0 Å². The van der Waals surface area contributed by atoms with E-state index in [-0.39, 0.29) is 0 Å². The number of hydrogen-bond acceptors (Lipinski definition) is 2. The first kappa shape index (κ1) is 13.1. The van der Waals surface area contributed by atoms with Gasteiger partial charge < -0.3 is 19.6 Å². The summed E-state index contributed by atoms with van der Waals surface area (Å²) in [6.45, 7) is -4.10. The van der Waals surface area contributed by atoms with Gasteiger partial charge in [0, 0.05) is 5.54 Å². The van der Waals surface area contributed by atoms with E-state index >= 15 is 0 Å². The lowest BCUT2D eigenvalue weighted by molar-refractivity contribution is 0.197. The van der Waals surface area contributed by atoms with Crippen molar-refractivity contribution in [3.8, 4) is 0 Å². The van der Waals surface area contributed by atoms with Gasteiger partial charge in [0.1, 0.15) is 0 Å². The molecule has 0 aliphatic heterocycles. The van der Waals surface area contributed by atoms with Gasteiger partial charge in [-0.05, 0) is 49.8 Å². The predicted molar refractivity (Wildman–Crippen MR) is 61.9 cm³/mol. The molecule has 2 bridgehead atoms. The first-order valence-electron chi connectivity index (χ1n) is 5.07. The molecule has 2 saturated carbocycles. The van der Waals surface area contributed by atoms with E-state index in [0.717, 1.165) is 12.8 Å². The highest BCUT2D eigenvalue weighted by Gasteiger charge is 2.57. The van der Waals surface area contributed by atoms with Gasteiger partial charge in [-0.25, -0.2) is 4.57 Å². The maximum absolute atomic E-state index is 11.4. The molecule has 0 aromatic rings. The second kappa shape index (κ2) is 3.84. The standard InChI is InChI=1S/C7H15NO5P2S/c9-14(10,11)8(15(12,13)16)7-3-1-6(5-7)2-4-7/h6H,1-5H2,(H2,9,10,11)(H2,12,13,16). The fourth-order valence-corrected chi connectivity index (χ4v) is 7.41. The molecule has 16 heavy (non-hydrogen) atoms. The molecule has 0 unspecified atom stereocenters. The Kier molecular flexibility index (Phi) is 3.15. The normalized spacial score (nSPS) is 34.9. The maximum atomic E-state index is 11.4. The SMILES string of the molecule is O=P(O)(O)N(C12CCC(CC1)C2)P(O)(O)=S. The second-order valence-corrected chi connectivity index (χ2v) is 9.33. The van der Waals surface area contributed by atoms with E-state index in [1.165, 1.54) is 0 Å². The van der Waals surface area contributed by atoms with Gasteiger partial charge in [-0.1, -0.05) is 0 Å². The number of fused-ring (bicyclic) bond motifs is 2. The van der Waals surface area contributed by atoms with Gasteiger partial charge in [-0.2, -0.15) is 0 Å². The van der Waals surface area contributed by atoms with Gasteiger partial charge in [0.2, 0.25) is 0 Å². The summed E-state index contributed by atoms with van der Waals surface area (Å²) in [6.07, 6.45) is 3.54. The fourth-order valence-electron chi connectivity index (χ4n) is 3.15. The minimum Gasteiger partial charge on any atom is -0.333 e. The van der Waals surface area contributed by atoms with Gasteiger partial charge in [0.05, 0.1) is 0 Å². The average molecular weight is 287 g/mol. The fraction of sp³-hybridized carbons (Fsp3) is 1.00. The van der Waals surface area contributed by atoms with Crippen LogP contribution in [-0.2, 0) is 16.4 Å². The summed E-state index contributed by atoms with van der Waals surface area (Å²) >= 11 is 4.50. The Labute approximate surface area is 98.7 Å². The molecule has 2 aliphatic carbocycles. The third kappa shape index (κ3) is 2.16. The summed E-state index contributed by atoms with van der Waals surface area (Å²) in [5, 5.41) is 0. The van der Waals surface area contributed by atoms with Crippen molar-refractivity contribution < 1.29 is 24.1 Å². The molecule has 2 aliphatic rings. The van der Waals surface area contributed by atoms with Crippen molar-refractivity contribution in [2.45, 2.75) is 37.6 Å². The summed E-state index contributed by atoms with van der Waals surface area (Å²) < 4.78 is 11.9. The molecule has 4 N–H and O–H groups in total. The van der Waals surface area contributed by atoms with Crippen molar-refractivity contribution >= 4 is 26.2 Å². The van der Waals surface area contributed by atoms with Crippen molar-refractivity contribution in [3.05, 3.63) is 0 Å². The Hall–Kier alpha value is 0.680. The largest absolute Gasteiger partial charge is 0.411 e. The first-order valence-corrected chi connectivity index (χ1v) is 9.30.